The lowest BCUT2D eigenvalue weighted by Gasteiger charge is -2.27. The zero-order chi connectivity index (χ0) is 26.3. The van der Waals surface area contributed by atoms with E-state index in [4.69, 9.17) is 17.2 Å². The number of aliphatic hydroxyl groups is 1. The Bertz CT molecular complexity index is 705. The van der Waals surface area contributed by atoms with Gasteiger partial charge in [0.1, 0.15) is 18.1 Å². The Hall–Kier alpha value is -2.58. The highest BCUT2D eigenvalue weighted by atomic mass is 32.2. The number of carbonyl (C=O) groups excluding carboxylic acids is 3. The van der Waals surface area contributed by atoms with Crippen LogP contribution in [0.4, 0.5) is 0 Å². The second-order valence-corrected chi connectivity index (χ2v) is 8.84. The van der Waals surface area contributed by atoms with Gasteiger partial charge in [-0.2, -0.15) is 11.8 Å². The third-order valence-corrected chi connectivity index (χ3v) is 5.78. The normalized spacial score (nSPS) is 15.2. The van der Waals surface area contributed by atoms with E-state index in [1.54, 1.807) is 18.7 Å². The Morgan fingerprint density at radius 1 is 1.00 bits per heavy atom. The van der Waals surface area contributed by atoms with E-state index in [1.807, 2.05) is 13.2 Å². The smallest absolute Gasteiger partial charge is 0.326 e. The van der Waals surface area contributed by atoms with Crippen molar-refractivity contribution in [3.05, 3.63) is 0 Å². The highest BCUT2D eigenvalue weighted by Crippen LogP contribution is 2.10. The van der Waals surface area contributed by atoms with Crippen LogP contribution in [0.5, 0.6) is 0 Å². The number of nitrogens with two attached hydrogens (primary N) is 3. The molecule has 0 aromatic carbocycles. The molecule has 0 heterocycles. The maximum atomic E-state index is 12.9. The number of carbonyl (C=O) groups is 4. The van der Waals surface area contributed by atoms with Crippen molar-refractivity contribution in [1.29, 1.82) is 0 Å². The number of guanidine groups is 1. The average molecular weight is 506 g/mol. The van der Waals surface area contributed by atoms with Crippen LogP contribution < -0.4 is 33.2 Å². The van der Waals surface area contributed by atoms with Crippen molar-refractivity contribution < 1.29 is 29.4 Å². The van der Waals surface area contributed by atoms with Crippen LogP contribution in [-0.2, 0) is 19.2 Å². The summed E-state index contributed by atoms with van der Waals surface area (Å²) in [5.74, 6) is -3.09. The number of hydrogen-bond acceptors (Lipinski definition) is 8. The number of hydrogen-bond donors (Lipinski definition) is 8. The van der Waals surface area contributed by atoms with E-state index < -0.39 is 54.5 Å². The number of rotatable bonds is 17. The van der Waals surface area contributed by atoms with Gasteiger partial charge in [0.25, 0.3) is 0 Å². The van der Waals surface area contributed by atoms with E-state index in [0.29, 0.717) is 18.6 Å². The van der Waals surface area contributed by atoms with Gasteiger partial charge in [0.2, 0.25) is 17.7 Å². The van der Waals surface area contributed by atoms with Crippen LogP contribution in [0.1, 0.15) is 39.5 Å². The highest BCUT2D eigenvalue weighted by Gasteiger charge is 2.32. The summed E-state index contributed by atoms with van der Waals surface area (Å²) in [6, 6.07) is -4.47. The summed E-state index contributed by atoms with van der Waals surface area (Å²) in [5, 5.41) is 26.3. The minimum absolute atomic E-state index is 0.0312. The van der Waals surface area contributed by atoms with Gasteiger partial charge >= 0.3 is 5.97 Å². The second-order valence-electron chi connectivity index (χ2n) is 7.85. The number of nitrogens with one attached hydrogen (secondary N) is 3. The summed E-state index contributed by atoms with van der Waals surface area (Å²) in [6.07, 6.45) is 3.18. The van der Waals surface area contributed by atoms with Gasteiger partial charge in [0, 0.05) is 6.54 Å². The Morgan fingerprint density at radius 2 is 1.62 bits per heavy atom. The minimum atomic E-state index is -1.42. The van der Waals surface area contributed by atoms with Crippen molar-refractivity contribution in [2.24, 2.45) is 28.1 Å². The zero-order valence-corrected chi connectivity index (χ0v) is 20.8. The van der Waals surface area contributed by atoms with Gasteiger partial charge in [0.15, 0.2) is 5.96 Å². The van der Waals surface area contributed by atoms with Crippen molar-refractivity contribution in [3.8, 4) is 0 Å². The van der Waals surface area contributed by atoms with Gasteiger partial charge in [-0.15, -0.1) is 0 Å². The molecule has 0 aliphatic heterocycles. The molecule has 0 fully saturated rings. The van der Waals surface area contributed by atoms with E-state index in [0.717, 1.165) is 0 Å². The summed E-state index contributed by atoms with van der Waals surface area (Å²) in [5.41, 5.74) is 16.3. The lowest BCUT2D eigenvalue weighted by atomic mass is 9.97. The molecule has 0 saturated heterocycles. The number of thioether (sulfide) groups is 1. The maximum absolute atomic E-state index is 12.9. The van der Waals surface area contributed by atoms with Crippen molar-refractivity contribution in [1.82, 2.24) is 16.0 Å². The Balaban J connectivity index is 5.19. The number of nitrogens with zero attached hydrogens (tertiary/aromatic N) is 1. The first kappa shape index (κ1) is 31.4. The molecule has 0 rings (SSSR count). The quantitative estimate of drug-likeness (QED) is 0.0597. The van der Waals surface area contributed by atoms with E-state index in [-0.39, 0.29) is 31.3 Å². The molecule has 0 aliphatic rings. The molecule has 0 aromatic heterocycles. The zero-order valence-electron chi connectivity index (χ0n) is 20.0. The van der Waals surface area contributed by atoms with Crippen molar-refractivity contribution in [3.63, 3.8) is 0 Å². The first-order valence-electron chi connectivity index (χ1n) is 11.0. The van der Waals surface area contributed by atoms with Gasteiger partial charge in [-0.25, -0.2) is 4.79 Å². The van der Waals surface area contributed by atoms with Crippen molar-refractivity contribution in [2.45, 2.75) is 63.7 Å². The standard InChI is InChI=1S/C20H39N7O6S/c1-4-11(2)15(27-16(29)12(21)7-9-34-3)18(31)26-14(10-28)17(30)25-13(19(32)33)6-5-8-24-20(22)23/h11-15,28H,4-10,21H2,1-3H3,(H,25,30)(H,26,31)(H,27,29)(H,32,33)(H4,22,23,24). The summed E-state index contributed by atoms with van der Waals surface area (Å²) in [7, 11) is 0. The van der Waals surface area contributed by atoms with Crippen LogP contribution >= 0.6 is 11.8 Å². The SMILES string of the molecule is CCC(C)C(NC(=O)C(N)CCSC)C(=O)NC(CO)C(=O)NC(CCCN=C(N)N)C(=O)O. The van der Waals surface area contributed by atoms with Gasteiger partial charge in [-0.05, 0) is 37.2 Å². The molecule has 34 heavy (non-hydrogen) atoms. The Labute approximate surface area is 204 Å². The van der Waals surface area contributed by atoms with Crippen LogP contribution in [0.15, 0.2) is 4.99 Å². The number of aliphatic imine (C=N–C) groups is 1. The predicted molar refractivity (Wildman–Crippen MR) is 131 cm³/mol. The van der Waals surface area contributed by atoms with Crippen molar-refractivity contribution >= 4 is 41.4 Å². The van der Waals surface area contributed by atoms with E-state index in [1.165, 1.54) is 0 Å². The highest BCUT2D eigenvalue weighted by molar-refractivity contribution is 7.98. The predicted octanol–water partition coefficient (Wildman–Crippen LogP) is -2.30. The first-order valence-corrected chi connectivity index (χ1v) is 12.4. The summed E-state index contributed by atoms with van der Waals surface area (Å²) in [4.78, 5) is 53.1. The first-order chi connectivity index (χ1) is 16.0. The molecule has 5 unspecified atom stereocenters. The fourth-order valence-electron chi connectivity index (χ4n) is 2.83. The lowest BCUT2D eigenvalue weighted by Crippen LogP contribution is -2.59. The molecule has 0 saturated carbocycles. The molecule has 14 heteroatoms. The summed E-state index contributed by atoms with van der Waals surface area (Å²) < 4.78 is 0. The Morgan fingerprint density at radius 3 is 2.12 bits per heavy atom. The minimum Gasteiger partial charge on any atom is -0.480 e. The molecular weight excluding hydrogens is 466 g/mol. The summed E-state index contributed by atoms with van der Waals surface area (Å²) >= 11 is 1.54. The molecule has 11 N–H and O–H groups in total. The topological polar surface area (TPSA) is 235 Å². The van der Waals surface area contributed by atoms with Crippen LogP contribution in [0.25, 0.3) is 0 Å². The third-order valence-electron chi connectivity index (χ3n) is 5.14. The van der Waals surface area contributed by atoms with Gasteiger partial charge in [-0.1, -0.05) is 20.3 Å². The molecule has 0 spiro atoms. The van der Waals surface area contributed by atoms with Gasteiger partial charge < -0.3 is 43.4 Å². The number of aliphatic hydroxyl groups excluding tert-OH is 1. The molecule has 0 aliphatic carbocycles. The number of carboxylic acid groups (broad SMARTS) is 1. The van der Waals surface area contributed by atoms with E-state index in [2.05, 4.69) is 20.9 Å². The van der Waals surface area contributed by atoms with Gasteiger partial charge in [0.05, 0.1) is 12.6 Å². The van der Waals surface area contributed by atoms with Crippen LogP contribution in [0.3, 0.4) is 0 Å². The van der Waals surface area contributed by atoms with Gasteiger partial charge in [-0.3, -0.25) is 19.4 Å². The number of amides is 3. The molecule has 0 radical (unpaired) electrons. The monoisotopic (exact) mass is 505 g/mol. The fourth-order valence-corrected chi connectivity index (χ4v) is 3.32. The fraction of sp³-hybridized carbons (Fsp3) is 0.750. The van der Waals surface area contributed by atoms with E-state index in [9.17, 15) is 29.4 Å². The molecule has 0 aromatic rings. The number of carboxylic acids is 1. The second kappa shape index (κ2) is 16.9. The third kappa shape index (κ3) is 12.0. The molecule has 13 nitrogen and oxygen atoms in total. The Kier molecular flexibility index (Phi) is 15.7. The largest absolute Gasteiger partial charge is 0.480 e. The van der Waals surface area contributed by atoms with E-state index >= 15 is 0 Å². The molecule has 196 valence electrons. The van der Waals surface area contributed by atoms with Crippen molar-refractivity contribution in [2.75, 3.05) is 25.2 Å². The lowest BCUT2D eigenvalue weighted by molar-refractivity contribution is -0.142. The maximum Gasteiger partial charge on any atom is 0.326 e. The van der Waals surface area contributed by atoms with Crippen LogP contribution in [-0.4, -0.2) is 89.2 Å². The average Bonchev–Trinajstić information content (AvgIpc) is 2.79. The number of aliphatic carboxylic acids is 1. The summed E-state index contributed by atoms with van der Waals surface area (Å²) in [6.45, 7) is 2.99. The molecular formula is C20H39N7O6S. The van der Waals surface area contributed by atoms with Crippen LogP contribution in [0, 0.1) is 5.92 Å². The molecule has 3 amide bonds. The van der Waals surface area contributed by atoms with Crippen LogP contribution in [0.2, 0.25) is 0 Å². The molecule has 5 atom stereocenters. The molecule has 0 bridgehead atoms.